The van der Waals surface area contributed by atoms with Crippen LogP contribution in [0.3, 0.4) is 0 Å². The molecule has 1 aliphatic carbocycles. The van der Waals surface area contributed by atoms with E-state index in [9.17, 15) is 32.3 Å². The first-order valence-corrected chi connectivity index (χ1v) is 12.7. The number of nitrogens with zero attached hydrogens (tertiary/aromatic N) is 1. The zero-order chi connectivity index (χ0) is 28.6. The fraction of sp³-hybridized carbons (Fsp3) is 0.226. The molecule has 3 aromatic carbocycles. The molecule has 9 heteroatoms. The third-order valence-corrected chi connectivity index (χ3v) is 8.17. The number of benzene rings is 3. The van der Waals surface area contributed by atoms with E-state index in [-0.39, 0.29) is 28.4 Å². The largest absolute Gasteiger partial charge is 0.416 e. The Balaban J connectivity index is 1.63. The molecule has 1 spiro atoms. The van der Waals surface area contributed by atoms with Crippen LogP contribution < -0.4 is 10.2 Å². The van der Waals surface area contributed by atoms with E-state index in [0.717, 1.165) is 12.1 Å². The summed E-state index contributed by atoms with van der Waals surface area (Å²) in [5.41, 5.74) is -0.329. The smallest absolute Gasteiger partial charge is 0.352 e. The first-order chi connectivity index (χ1) is 19.0. The summed E-state index contributed by atoms with van der Waals surface area (Å²) in [4.78, 5) is 55.8. The number of hydrogen-bond donors (Lipinski definition) is 1. The number of nitrogens with one attached hydrogen (secondary N) is 1. The van der Waals surface area contributed by atoms with Crippen molar-refractivity contribution >= 4 is 40.7 Å². The number of Topliss-reactive ketones (excluding diaryl/α,β-unsaturated/α-hetero) is 3. The summed E-state index contributed by atoms with van der Waals surface area (Å²) >= 11 is 0. The van der Waals surface area contributed by atoms with Gasteiger partial charge >= 0.3 is 6.18 Å². The van der Waals surface area contributed by atoms with Crippen molar-refractivity contribution in [2.75, 3.05) is 10.2 Å². The van der Waals surface area contributed by atoms with Gasteiger partial charge in [0.2, 0.25) is 5.91 Å². The van der Waals surface area contributed by atoms with Crippen LogP contribution in [0.1, 0.15) is 57.2 Å². The van der Waals surface area contributed by atoms with Gasteiger partial charge in [-0.05, 0) is 36.8 Å². The Morgan fingerprint density at radius 3 is 2.05 bits per heavy atom. The van der Waals surface area contributed by atoms with Gasteiger partial charge in [0.05, 0.1) is 23.3 Å². The highest BCUT2D eigenvalue weighted by Crippen LogP contribution is 2.61. The van der Waals surface area contributed by atoms with Crippen LogP contribution in [0.25, 0.3) is 6.08 Å². The molecule has 2 aliphatic heterocycles. The van der Waals surface area contributed by atoms with Gasteiger partial charge in [0.1, 0.15) is 5.41 Å². The highest BCUT2D eigenvalue weighted by atomic mass is 19.4. The average molecular weight is 545 g/mol. The molecule has 3 aromatic rings. The zero-order valence-electron chi connectivity index (χ0n) is 21.5. The number of ketones is 3. The van der Waals surface area contributed by atoms with Crippen molar-refractivity contribution in [2.24, 2.45) is 5.41 Å². The van der Waals surface area contributed by atoms with Crippen LogP contribution in [-0.4, -0.2) is 35.3 Å². The minimum atomic E-state index is -4.58. The first kappa shape index (κ1) is 25.7. The van der Waals surface area contributed by atoms with E-state index in [1.54, 1.807) is 59.5 Å². The molecule has 3 atom stereocenters. The maximum atomic E-state index is 14.4. The molecule has 0 aromatic heterocycles. The van der Waals surface area contributed by atoms with E-state index >= 15 is 0 Å². The van der Waals surface area contributed by atoms with Gasteiger partial charge in [-0.25, -0.2) is 0 Å². The maximum absolute atomic E-state index is 14.4. The van der Waals surface area contributed by atoms with E-state index in [0.29, 0.717) is 16.9 Å². The molecule has 40 heavy (non-hydrogen) atoms. The van der Waals surface area contributed by atoms with Gasteiger partial charge in [-0.1, -0.05) is 54.6 Å². The fourth-order valence-corrected chi connectivity index (χ4v) is 6.70. The van der Waals surface area contributed by atoms with Crippen molar-refractivity contribution in [2.45, 2.75) is 38.0 Å². The predicted octanol–water partition coefficient (Wildman–Crippen LogP) is 5.69. The highest BCUT2D eigenvalue weighted by molar-refractivity contribution is 6.32. The van der Waals surface area contributed by atoms with Gasteiger partial charge in [0, 0.05) is 35.2 Å². The summed E-state index contributed by atoms with van der Waals surface area (Å²) in [6, 6.07) is 13.9. The third kappa shape index (κ3) is 3.43. The number of halogens is 3. The van der Waals surface area contributed by atoms with E-state index in [2.05, 4.69) is 5.32 Å². The lowest BCUT2D eigenvalue weighted by atomic mass is 9.64. The second kappa shape index (κ2) is 8.74. The normalized spacial score (nSPS) is 22.2. The fourth-order valence-electron chi connectivity index (χ4n) is 6.70. The van der Waals surface area contributed by atoms with Crippen LogP contribution in [0, 0.1) is 5.41 Å². The summed E-state index contributed by atoms with van der Waals surface area (Å²) in [7, 11) is 0. The third-order valence-electron chi connectivity index (χ3n) is 8.17. The molecule has 0 unspecified atom stereocenters. The minimum Gasteiger partial charge on any atom is -0.352 e. The lowest BCUT2D eigenvalue weighted by Crippen LogP contribution is -2.48. The molecule has 6 nitrogen and oxygen atoms in total. The van der Waals surface area contributed by atoms with E-state index in [1.807, 2.05) is 0 Å². The van der Waals surface area contributed by atoms with Gasteiger partial charge in [-0.3, -0.25) is 19.2 Å². The zero-order valence-corrected chi connectivity index (χ0v) is 21.5. The average Bonchev–Trinajstić information content (AvgIpc) is 3.35. The molecule has 1 N–H and O–H groups in total. The number of amides is 1. The minimum absolute atomic E-state index is 0.222. The number of hydrogen-bond acceptors (Lipinski definition) is 5. The van der Waals surface area contributed by atoms with Crippen molar-refractivity contribution < 1.29 is 32.3 Å². The number of alkyl halides is 3. The van der Waals surface area contributed by atoms with Crippen molar-refractivity contribution in [1.29, 1.82) is 0 Å². The van der Waals surface area contributed by atoms with Gasteiger partial charge in [0.25, 0.3) is 0 Å². The molecule has 202 valence electrons. The summed E-state index contributed by atoms with van der Waals surface area (Å²) < 4.78 is 40.3. The Bertz CT molecular complexity index is 1610. The summed E-state index contributed by atoms with van der Waals surface area (Å²) in [6.07, 6.45) is -1.17. The van der Waals surface area contributed by atoms with Crippen LogP contribution >= 0.6 is 0 Å². The topological polar surface area (TPSA) is 83.6 Å². The number of carbonyl (C=O) groups is 4. The van der Waals surface area contributed by atoms with Crippen molar-refractivity contribution in [3.05, 3.63) is 101 Å². The molecule has 2 heterocycles. The molecule has 0 saturated carbocycles. The molecule has 6 rings (SSSR count). The first-order valence-electron chi connectivity index (χ1n) is 12.7. The molecule has 1 amide bonds. The van der Waals surface area contributed by atoms with Crippen molar-refractivity contribution in [3.63, 3.8) is 0 Å². The van der Waals surface area contributed by atoms with Crippen molar-refractivity contribution in [3.8, 4) is 0 Å². The molecule has 1 saturated heterocycles. The van der Waals surface area contributed by atoms with Gasteiger partial charge in [-0.15, -0.1) is 0 Å². The quantitative estimate of drug-likeness (QED) is 0.429. The monoisotopic (exact) mass is 544 g/mol. The van der Waals surface area contributed by atoms with Crippen molar-refractivity contribution in [1.82, 2.24) is 0 Å². The SMILES string of the molecule is CC(=O)Nc1cccc2c1C=C[C@@H]1N2[C@@H](C(C)=O)[C@H](c2ccc(C(F)(F)F)cc2)C12C(=O)c1ccccc1C2=O. The Kier molecular flexibility index (Phi) is 5.62. The number of fused-ring (bicyclic) bond motifs is 5. The van der Waals surface area contributed by atoms with Crippen LogP contribution in [0.2, 0.25) is 0 Å². The van der Waals surface area contributed by atoms with E-state index in [1.165, 1.54) is 26.0 Å². The van der Waals surface area contributed by atoms with Crippen LogP contribution in [0.5, 0.6) is 0 Å². The Hall–Kier alpha value is -4.53. The van der Waals surface area contributed by atoms with Gasteiger partial charge in [-0.2, -0.15) is 13.2 Å². The molecule has 3 aliphatic rings. The number of rotatable bonds is 3. The molecule has 1 fully saturated rings. The standard InChI is InChI=1S/C31H23F3N2O4/c1-16(37)27-26(18-10-12-19(13-11-18)31(32,33)34)30(28(39)20-6-3-4-7-21(20)29(30)40)25-15-14-22-23(35-17(2)38)8-5-9-24(22)36(25)27/h3-15,25-27H,1-2H3,(H,35,38)/t25-,26-,27-/m0/s1. The second-order valence-corrected chi connectivity index (χ2v) is 10.4. The lowest BCUT2D eigenvalue weighted by molar-refractivity contribution is -0.137. The second-order valence-electron chi connectivity index (χ2n) is 10.4. The van der Waals surface area contributed by atoms with E-state index < -0.39 is 46.7 Å². The maximum Gasteiger partial charge on any atom is 0.416 e. The van der Waals surface area contributed by atoms with Crippen LogP contribution in [-0.2, 0) is 15.8 Å². The Morgan fingerprint density at radius 1 is 0.875 bits per heavy atom. The van der Waals surface area contributed by atoms with Gasteiger partial charge < -0.3 is 10.2 Å². The summed E-state index contributed by atoms with van der Waals surface area (Å²) in [5.74, 6) is -2.67. The predicted molar refractivity (Wildman–Crippen MR) is 142 cm³/mol. The molecular weight excluding hydrogens is 521 g/mol. The van der Waals surface area contributed by atoms with Gasteiger partial charge in [0.15, 0.2) is 17.3 Å². The molecule has 0 bridgehead atoms. The highest BCUT2D eigenvalue weighted by Gasteiger charge is 2.71. The Labute approximate surface area is 227 Å². The Morgan fingerprint density at radius 2 is 1.50 bits per heavy atom. The molecule has 0 radical (unpaired) electrons. The van der Waals surface area contributed by atoms with Crippen LogP contribution in [0.15, 0.2) is 72.8 Å². The van der Waals surface area contributed by atoms with Crippen LogP contribution in [0.4, 0.5) is 24.5 Å². The lowest BCUT2D eigenvalue weighted by Gasteiger charge is -2.37. The summed E-state index contributed by atoms with van der Waals surface area (Å²) in [6.45, 7) is 2.72. The molecular formula is C31H23F3N2O4. The number of anilines is 2. The number of carbonyl (C=O) groups excluding carboxylic acids is 4. The summed E-state index contributed by atoms with van der Waals surface area (Å²) in [5, 5.41) is 2.77. The van der Waals surface area contributed by atoms with E-state index in [4.69, 9.17) is 0 Å².